The lowest BCUT2D eigenvalue weighted by molar-refractivity contribution is 0.0777. The molecule has 16 heavy (non-hydrogen) atoms. The molecule has 0 spiro atoms. The van der Waals surface area contributed by atoms with Gasteiger partial charge in [-0.2, -0.15) is 5.10 Å². The summed E-state index contributed by atoms with van der Waals surface area (Å²) in [5.74, 6) is 0.525. The van der Waals surface area contributed by atoms with Crippen LogP contribution in [0.1, 0.15) is 22.6 Å². The highest BCUT2D eigenvalue weighted by atomic mass is 16.2. The summed E-state index contributed by atoms with van der Waals surface area (Å²) in [5.41, 5.74) is 7.15. The Morgan fingerprint density at radius 2 is 2.44 bits per heavy atom. The fourth-order valence-corrected chi connectivity index (χ4v) is 2.18. The first kappa shape index (κ1) is 11.1. The molecule has 1 fully saturated rings. The predicted octanol–water partition coefficient (Wildman–Crippen LogP) is 0.149. The van der Waals surface area contributed by atoms with E-state index in [0.29, 0.717) is 18.2 Å². The number of amides is 1. The first-order valence-electron chi connectivity index (χ1n) is 5.61. The van der Waals surface area contributed by atoms with Gasteiger partial charge in [-0.1, -0.05) is 0 Å². The zero-order valence-electron chi connectivity index (χ0n) is 9.81. The highest BCUT2D eigenvalue weighted by Crippen LogP contribution is 2.17. The highest BCUT2D eigenvalue weighted by molar-refractivity contribution is 5.92. The third kappa shape index (κ3) is 1.95. The Bertz CT molecular complexity index is 399. The minimum absolute atomic E-state index is 0.0686. The normalized spacial score (nSPS) is 20.4. The molecule has 0 aromatic carbocycles. The van der Waals surface area contributed by atoms with Gasteiger partial charge < -0.3 is 10.6 Å². The van der Waals surface area contributed by atoms with Crippen molar-refractivity contribution in [3.8, 4) is 0 Å². The molecule has 88 valence electrons. The van der Waals surface area contributed by atoms with Crippen molar-refractivity contribution in [1.82, 2.24) is 14.7 Å². The largest absolute Gasteiger partial charge is 0.337 e. The Balaban J connectivity index is 2.11. The number of hydrogen-bond donors (Lipinski definition) is 1. The summed E-state index contributed by atoms with van der Waals surface area (Å²) >= 11 is 0. The summed E-state index contributed by atoms with van der Waals surface area (Å²) in [6.07, 6.45) is 1.01. The molecule has 0 bridgehead atoms. The Morgan fingerprint density at radius 1 is 1.69 bits per heavy atom. The van der Waals surface area contributed by atoms with E-state index in [-0.39, 0.29) is 5.91 Å². The molecule has 1 saturated heterocycles. The maximum Gasteiger partial charge on any atom is 0.272 e. The van der Waals surface area contributed by atoms with E-state index in [2.05, 4.69) is 5.10 Å². The van der Waals surface area contributed by atoms with E-state index >= 15 is 0 Å². The first-order valence-corrected chi connectivity index (χ1v) is 5.61. The van der Waals surface area contributed by atoms with Crippen LogP contribution in [0.5, 0.6) is 0 Å². The van der Waals surface area contributed by atoms with Crippen molar-refractivity contribution in [2.75, 3.05) is 19.6 Å². The number of aromatic nitrogens is 2. The van der Waals surface area contributed by atoms with Crippen LogP contribution in [-0.4, -0.2) is 40.2 Å². The first-order chi connectivity index (χ1) is 7.61. The summed E-state index contributed by atoms with van der Waals surface area (Å²) in [4.78, 5) is 14.0. The average Bonchev–Trinajstić information content (AvgIpc) is 2.84. The van der Waals surface area contributed by atoms with Gasteiger partial charge in [-0.15, -0.1) is 0 Å². The topological polar surface area (TPSA) is 64.2 Å². The molecule has 1 amide bonds. The molecule has 0 saturated carbocycles. The second-order valence-corrected chi connectivity index (χ2v) is 4.44. The summed E-state index contributed by atoms with van der Waals surface area (Å²) in [5, 5.41) is 4.19. The standard InChI is InChI=1S/C11H18N4O/c1-8-5-10(14(2)13-8)11(16)15-4-3-9(6-12)7-15/h5,9H,3-4,6-7,12H2,1-2H3. The van der Waals surface area contributed by atoms with E-state index in [0.717, 1.165) is 25.2 Å². The molecule has 0 aliphatic carbocycles. The zero-order chi connectivity index (χ0) is 11.7. The second-order valence-electron chi connectivity index (χ2n) is 4.44. The fourth-order valence-electron chi connectivity index (χ4n) is 2.18. The third-order valence-electron chi connectivity index (χ3n) is 3.13. The number of hydrogen-bond acceptors (Lipinski definition) is 3. The van der Waals surface area contributed by atoms with Crippen molar-refractivity contribution >= 4 is 5.91 Å². The molecule has 1 aliphatic heterocycles. The van der Waals surface area contributed by atoms with Crippen LogP contribution in [0.25, 0.3) is 0 Å². The van der Waals surface area contributed by atoms with E-state index in [9.17, 15) is 4.79 Å². The van der Waals surface area contributed by atoms with Gasteiger partial charge in [0.25, 0.3) is 5.91 Å². The van der Waals surface area contributed by atoms with Gasteiger partial charge in [0.1, 0.15) is 5.69 Å². The molecule has 1 aromatic rings. The summed E-state index contributed by atoms with van der Waals surface area (Å²) < 4.78 is 1.65. The minimum atomic E-state index is 0.0686. The third-order valence-corrected chi connectivity index (χ3v) is 3.13. The van der Waals surface area contributed by atoms with Crippen LogP contribution in [0, 0.1) is 12.8 Å². The van der Waals surface area contributed by atoms with Crippen molar-refractivity contribution in [1.29, 1.82) is 0 Å². The van der Waals surface area contributed by atoms with E-state index in [1.165, 1.54) is 0 Å². The predicted molar refractivity (Wildman–Crippen MR) is 61.0 cm³/mol. The lowest BCUT2D eigenvalue weighted by atomic mass is 10.1. The van der Waals surface area contributed by atoms with E-state index in [1.807, 2.05) is 17.9 Å². The summed E-state index contributed by atoms with van der Waals surface area (Å²) in [6, 6.07) is 1.83. The molecule has 2 rings (SSSR count). The van der Waals surface area contributed by atoms with Gasteiger partial charge in [0.2, 0.25) is 0 Å². The molecular formula is C11H18N4O. The number of nitrogens with two attached hydrogens (primary N) is 1. The van der Waals surface area contributed by atoms with Gasteiger partial charge >= 0.3 is 0 Å². The van der Waals surface area contributed by atoms with Gasteiger partial charge in [-0.05, 0) is 31.9 Å². The van der Waals surface area contributed by atoms with E-state index < -0.39 is 0 Å². The Labute approximate surface area is 95.2 Å². The van der Waals surface area contributed by atoms with Crippen molar-refractivity contribution in [2.24, 2.45) is 18.7 Å². The monoisotopic (exact) mass is 222 g/mol. The van der Waals surface area contributed by atoms with Crippen LogP contribution in [0.4, 0.5) is 0 Å². The SMILES string of the molecule is Cc1cc(C(=O)N2CCC(CN)C2)n(C)n1. The fraction of sp³-hybridized carbons (Fsp3) is 0.636. The molecule has 2 heterocycles. The van der Waals surface area contributed by atoms with Crippen molar-refractivity contribution in [2.45, 2.75) is 13.3 Å². The number of likely N-dealkylation sites (tertiary alicyclic amines) is 1. The maximum atomic E-state index is 12.2. The number of rotatable bonds is 2. The van der Waals surface area contributed by atoms with Gasteiger partial charge in [-0.3, -0.25) is 9.48 Å². The van der Waals surface area contributed by atoms with Crippen molar-refractivity contribution in [3.05, 3.63) is 17.5 Å². The van der Waals surface area contributed by atoms with Crippen molar-refractivity contribution < 1.29 is 4.79 Å². The Kier molecular flexibility index (Phi) is 2.96. The number of carbonyl (C=O) groups excluding carboxylic acids is 1. The van der Waals surface area contributed by atoms with Crippen LogP contribution >= 0.6 is 0 Å². The molecule has 5 nitrogen and oxygen atoms in total. The van der Waals surface area contributed by atoms with Gasteiger partial charge in [0.15, 0.2) is 0 Å². The van der Waals surface area contributed by atoms with Crippen LogP contribution in [-0.2, 0) is 7.05 Å². The Hall–Kier alpha value is -1.36. The lowest BCUT2D eigenvalue weighted by Gasteiger charge is -2.15. The van der Waals surface area contributed by atoms with Crippen LogP contribution in [0.2, 0.25) is 0 Å². The lowest BCUT2D eigenvalue weighted by Crippen LogP contribution is -2.31. The average molecular weight is 222 g/mol. The molecule has 1 unspecified atom stereocenters. The number of carbonyl (C=O) groups is 1. The summed E-state index contributed by atoms with van der Waals surface area (Å²) in [7, 11) is 1.80. The Morgan fingerprint density at radius 3 is 2.94 bits per heavy atom. The highest BCUT2D eigenvalue weighted by Gasteiger charge is 2.27. The van der Waals surface area contributed by atoms with Crippen LogP contribution in [0.15, 0.2) is 6.07 Å². The molecule has 1 atom stereocenters. The van der Waals surface area contributed by atoms with Gasteiger partial charge in [0, 0.05) is 20.1 Å². The second kappa shape index (κ2) is 4.25. The quantitative estimate of drug-likeness (QED) is 0.774. The molecular weight excluding hydrogens is 204 g/mol. The van der Waals surface area contributed by atoms with Crippen LogP contribution in [0.3, 0.4) is 0 Å². The molecule has 1 aromatic heterocycles. The minimum Gasteiger partial charge on any atom is -0.337 e. The molecule has 5 heteroatoms. The van der Waals surface area contributed by atoms with Crippen LogP contribution < -0.4 is 5.73 Å². The van der Waals surface area contributed by atoms with E-state index in [1.54, 1.807) is 11.7 Å². The smallest absolute Gasteiger partial charge is 0.272 e. The zero-order valence-corrected chi connectivity index (χ0v) is 9.81. The van der Waals surface area contributed by atoms with Gasteiger partial charge in [-0.25, -0.2) is 0 Å². The molecule has 2 N–H and O–H groups in total. The maximum absolute atomic E-state index is 12.2. The van der Waals surface area contributed by atoms with Crippen molar-refractivity contribution in [3.63, 3.8) is 0 Å². The number of aryl methyl sites for hydroxylation is 2. The molecule has 0 radical (unpaired) electrons. The van der Waals surface area contributed by atoms with Gasteiger partial charge in [0.05, 0.1) is 5.69 Å². The summed E-state index contributed by atoms with van der Waals surface area (Å²) in [6.45, 7) is 4.14. The molecule has 1 aliphatic rings. The number of nitrogens with zero attached hydrogens (tertiary/aromatic N) is 3. The van der Waals surface area contributed by atoms with E-state index in [4.69, 9.17) is 5.73 Å².